The maximum Gasteiger partial charge on any atom is 0.530 e. The third-order valence-electron chi connectivity index (χ3n) is 2.61. The molecule has 0 aromatic heterocycles. The van der Waals surface area contributed by atoms with E-state index in [-0.39, 0.29) is 30.3 Å². The molecule has 0 bridgehead atoms. The molecule has 0 radical (unpaired) electrons. The van der Waals surface area contributed by atoms with Crippen molar-refractivity contribution in [1.29, 1.82) is 0 Å². The van der Waals surface area contributed by atoms with Gasteiger partial charge in [-0.05, 0) is 32.0 Å². The number of carbonyl (C=O) groups excluding carboxylic acids is 1. The van der Waals surface area contributed by atoms with Crippen molar-refractivity contribution in [2.45, 2.75) is 13.8 Å². The number of carboxylic acid groups (broad SMARTS) is 1. The van der Waals surface area contributed by atoms with Crippen LogP contribution in [0.3, 0.4) is 0 Å². The summed E-state index contributed by atoms with van der Waals surface area (Å²) < 4.78 is 32.9. The van der Waals surface area contributed by atoms with Gasteiger partial charge in [0, 0.05) is 5.56 Å². The number of rotatable bonds is 10. The number of methoxy groups -OCH3 is 1. The fourth-order valence-corrected chi connectivity index (χ4v) is 2.87. The molecule has 2 N–H and O–H groups in total. The molecule has 9 nitrogen and oxygen atoms in total. The lowest BCUT2D eigenvalue weighted by molar-refractivity contribution is -0.135. The quantitative estimate of drug-likeness (QED) is 0.608. The molecule has 0 fully saturated rings. The molecular formula is C14H20NO8P. The first-order chi connectivity index (χ1) is 11.3. The summed E-state index contributed by atoms with van der Waals surface area (Å²) in [6.07, 6.45) is 0. The van der Waals surface area contributed by atoms with Crippen molar-refractivity contribution in [3.05, 3.63) is 23.8 Å². The third-order valence-corrected chi connectivity index (χ3v) is 4.18. The molecule has 0 saturated carbocycles. The highest BCUT2D eigenvalue weighted by Crippen LogP contribution is 2.51. The summed E-state index contributed by atoms with van der Waals surface area (Å²) in [7, 11) is -2.49. The first-order valence-electron chi connectivity index (χ1n) is 7.12. The van der Waals surface area contributed by atoms with E-state index in [2.05, 4.69) is 5.32 Å². The van der Waals surface area contributed by atoms with Crippen LogP contribution in [0.4, 0.5) is 0 Å². The second-order valence-corrected chi connectivity index (χ2v) is 5.91. The van der Waals surface area contributed by atoms with Gasteiger partial charge in [0.2, 0.25) is 0 Å². The van der Waals surface area contributed by atoms with E-state index in [1.807, 2.05) is 0 Å². The standard InChI is InChI=1S/C14H20NO8P/c1-4-21-24(19,22-5-2)23-12-8-10(6-7-11(12)20-3)14(18)15-9-13(16)17/h6-8H,4-5,9H2,1-3H3,(H,15,18)(H,16,17). The number of nitrogens with one attached hydrogen (secondary N) is 1. The molecule has 0 atom stereocenters. The Morgan fingerprint density at radius 1 is 1.17 bits per heavy atom. The summed E-state index contributed by atoms with van der Waals surface area (Å²) in [6.45, 7) is 2.91. The molecule has 134 valence electrons. The zero-order valence-electron chi connectivity index (χ0n) is 13.6. The van der Waals surface area contributed by atoms with E-state index in [1.54, 1.807) is 13.8 Å². The Hall–Kier alpha value is -2.09. The number of carbonyl (C=O) groups is 2. The minimum Gasteiger partial charge on any atom is -0.493 e. The van der Waals surface area contributed by atoms with Gasteiger partial charge >= 0.3 is 13.8 Å². The van der Waals surface area contributed by atoms with Crippen LogP contribution in [0.2, 0.25) is 0 Å². The van der Waals surface area contributed by atoms with Crippen molar-refractivity contribution in [3.8, 4) is 11.5 Å². The van der Waals surface area contributed by atoms with Crippen LogP contribution in [0.5, 0.6) is 11.5 Å². The van der Waals surface area contributed by atoms with E-state index in [1.165, 1.54) is 25.3 Å². The number of aliphatic carboxylic acids is 1. The van der Waals surface area contributed by atoms with Crippen molar-refractivity contribution >= 4 is 19.7 Å². The lowest BCUT2D eigenvalue weighted by atomic mass is 10.2. The fourth-order valence-electron chi connectivity index (χ4n) is 1.67. The number of hydrogen-bond acceptors (Lipinski definition) is 7. The SMILES string of the molecule is CCOP(=O)(OCC)Oc1cc(C(=O)NCC(=O)O)ccc1OC. The molecule has 1 aromatic carbocycles. The topological polar surface area (TPSA) is 120 Å². The Balaban J connectivity index is 3.07. The van der Waals surface area contributed by atoms with Crippen LogP contribution in [0, 0.1) is 0 Å². The third kappa shape index (κ3) is 5.84. The van der Waals surface area contributed by atoms with Crippen LogP contribution in [0.15, 0.2) is 18.2 Å². The van der Waals surface area contributed by atoms with E-state index >= 15 is 0 Å². The van der Waals surface area contributed by atoms with Gasteiger partial charge in [-0.3, -0.25) is 18.6 Å². The van der Waals surface area contributed by atoms with E-state index in [0.29, 0.717) is 0 Å². The molecule has 1 rings (SSSR count). The van der Waals surface area contributed by atoms with Gasteiger partial charge in [-0.2, -0.15) is 0 Å². The summed E-state index contributed by atoms with van der Waals surface area (Å²) in [5, 5.41) is 10.8. The molecular weight excluding hydrogens is 341 g/mol. The van der Waals surface area contributed by atoms with Gasteiger partial charge in [-0.25, -0.2) is 4.57 Å². The van der Waals surface area contributed by atoms with Crippen molar-refractivity contribution in [2.75, 3.05) is 26.9 Å². The fraction of sp³-hybridized carbons (Fsp3) is 0.429. The molecule has 0 aliphatic rings. The average molecular weight is 361 g/mol. The van der Waals surface area contributed by atoms with Crippen LogP contribution < -0.4 is 14.6 Å². The van der Waals surface area contributed by atoms with Crippen LogP contribution >= 0.6 is 7.82 Å². The number of carboxylic acids is 1. The highest BCUT2D eigenvalue weighted by molar-refractivity contribution is 7.48. The molecule has 0 aliphatic carbocycles. The molecule has 1 amide bonds. The smallest absolute Gasteiger partial charge is 0.493 e. The Kier molecular flexibility index (Phi) is 7.70. The van der Waals surface area contributed by atoms with Gasteiger partial charge < -0.3 is 19.7 Å². The first kappa shape index (κ1) is 20.0. The second kappa shape index (κ2) is 9.27. The Morgan fingerprint density at radius 2 is 1.79 bits per heavy atom. The highest BCUT2D eigenvalue weighted by atomic mass is 31.2. The largest absolute Gasteiger partial charge is 0.530 e. The van der Waals surface area contributed by atoms with E-state index < -0.39 is 26.2 Å². The summed E-state index contributed by atoms with van der Waals surface area (Å²) in [4.78, 5) is 22.4. The summed E-state index contributed by atoms with van der Waals surface area (Å²) in [5.74, 6) is -1.62. The number of phosphoric acid groups is 1. The molecule has 0 saturated heterocycles. The highest BCUT2D eigenvalue weighted by Gasteiger charge is 2.29. The van der Waals surface area contributed by atoms with Gasteiger partial charge in [-0.15, -0.1) is 0 Å². The van der Waals surface area contributed by atoms with Crippen LogP contribution in [-0.2, 0) is 18.4 Å². The lowest BCUT2D eigenvalue weighted by Gasteiger charge is -2.19. The minimum atomic E-state index is -3.87. The Morgan fingerprint density at radius 3 is 2.29 bits per heavy atom. The maximum absolute atomic E-state index is 12.4. The zero-order chi connectivity index (χ0) is 18.2. The summed E-state index contributed by atoms with van der Waals surface area (Å²) in [5.41, 5.74) is 0.103. The molecule has 24 heavy (non-hydrogen) atoms. The summed E-state index contributed by atoms with van der Waals surface area (Å²) in [6, 6.07) is 4.10. The number of amides is 1. The van der Waals surface area contributed by atoms with Gasteiger partial charge in [0.25, 0.3) is 5.91 Å². The van der Waals surface area contributed by atoms with E-state index in [4.69, 9.17) is 23.4 Å². The predicted octanol–water partition coefficient (Wildman–Crippen LogP) is 2.07. The first-order valence-corrected chi connectivity index (χ1v) is 8.58. The predicted molar refractivity (Wildman–Crippen MR) is 84.4 cm³/mol. The number of ether oxygens (including phenoxy) is 1. The normalized spacial score (nSPS) is 11.0. The number of hydrogen-bond donors (Lipinski definition) is 2. The van der Waals surface area contributed by atoms with E-state index in [9.17, 15) is 14.2 Å². The monoisotopic (exact) mass is 361 g/mol. The zero-order valence-corrected chi connectivity index (χ0v) is 14.5. The molecule has 0 heterocycles. The molecule has 0 aliphatic heterocycles. The Bertz CT molecular complexity index is 623. The van der Waals surface area contributed by atoms with E-state index in [0.717, 1.165) is 0 Å². The van der Waals surface area contributed by atoms with Gasteiger partial charge in [0.15, 0.2) is 11.5 Å². The second-order valence-electron chi connectivity index (χ2n) is 4.32. The Labute approximate surface area is 139 Å². The van der Waals surface area contributed by atoms with Crippen LogP contribution in [0.25, 0.3) is 0 Å². The molecule has 1 aromatic rings. The van der Waals surface area contributed by atoms with Gasteiger partial charge in [-0.1, -0.05) is 0 Å². The minimum absolute atomic E-state index is 0.0225. The number of phosphoric ester groups is 1. The maximum atomic E-state index is 12.4. The number of benzene rings is 1. The van der Waals surface area contributed by atoms with Crippen molar-refractivity contribution in [3.63, 3.8) is 0 Å². The van der Waals surface area contributed by atoms with Crippen LogP contribution in [0.1, 0.15) is 24.2 Å². The summed E-state index contributed by atoms with van der Waals surface area (Å²) >= 11 is 0. The molecule has 0 spiro atoms. The van der Waals surface area contributed by atoms with Crippen molar-refractivity contribution in [2.24, 2.45) is 0 Å². The van der Waals surface area contributed by atoms with Gasteiger partial charge in [0.1, 0.15) is 6.54 Å². The van der Waals surface area contributed by atoms with Crippen molar-refractivity contribution in [1.82, 2.24) is 5.32 Å². The van der Waals surface area contributed by atoms with Crippen molar-refractivity contribution < 1.29 is 37.6 Å². The molecule has 0 unspecified atom stereocenters. The van der Waals surface area contributed by atoms with Crippen LogP contribution in [-0.4, -0.2) is 43.9 Å². The molecule has 10 heteroatoms. The average Bonchev–Trinajstić information content (AvgIpc) is 2.52. The van der Waals surface area contributed by atoms with Gasteiger partial charge in [0.05, 0.1) is 20.3 Å². The lowest BCUT2D eigenvalue weighted by Crippen LogP contribution is -2.29.